The summed E-state index contributed by atoms with van der Waals surface area (Å²) in [6.45, 7) is 5.93. The molecule has 0 saturated heterocycles. The summed E-state index contributed by atoms with van der Waals surface area (Å²) in [5, 5.41) is 16.4. The normalized spacial score (nSPS) is 13.4. The van der Waals surface area contributed by atoms with Crippen LogP contribution in [0.2, 0.25) is 0 Å². The fraction of sp³-hybridized carbons (Fsp3) is 0.583. The van der Waals surface area contributed by atoms with E-state index in [9.17, 15) is 9.90 Å². The number of hydrogen-bond acceptors (Lipinski definition) is 5. The van der Waals surface area contributed by atoms with Crippen molar-refractivity contribution in [2.24, 2.45) is 0 Å². The first-order valence-electron chi connectivity index (χ1n) is 5.51. The van der Waals surface area contributed by atoms with Crippen molar-refractivity contribution < 1.29 is 14.6 Å². The van der Waals surface area contributed by atoms with E-state index in [0.717, 1.165) is 5.56 Å². The number of carbonyl (C=O) groups is 1. The minimum atomic E-state index is -0.580. The molecule has 17 heavy (non-hydrogen) atoms. The van der Waals surface area contributed by atoms with Gasteiger partial charge in [0, 0.05) is 6.54 Å². The van der Waals surface area contributed by atoms with Gasteiger partial charge in [0.15, 0.2) is 0 Å². The van der Waals surface area contributed by atoms with Crippen LogP contribution in [0.1, 0.15) is 32.4 Å². The quantitative estimate of drug-likeness (QED) is 0.788. The van der Waals surface area contributed by atoms with Crippen molar-refractivity contribution in [1.29, 1.82) is 0 Å². The monoisotopic (exact) mass is 257 g/mol. The van der Waals surface area contributed by atoms with E-state index in [2.05, 4.69) is 5.32 Å². The molecule has 96 valence electrons. The van der Waals surface area contributed by atoms with Gasteiger partial charge >= 0.3 is 5.97 Å². The summed E-state index contributed by atoms with van der Waals surface area (Å²) in [4.78, 5) is 11.4. The predicted octanol–water partition coefficient (Wildman–Crippen LogP) is 1.71. The average molecular weight is 257 g/mol. The van der Waals surface area contributed by atoms with Gasteiger partial charge in [0.25, 0.3) is 0 Å². The molecule has 0 aliphatic carbocycles. The second-order valence-corrected chi connectivity index (χ2v) is 5.57. The van der Waals surface area contributed by atoms with Gasteiger partial charge in [-0.15, -0.1) is 0 Å². The van der Waals surface area contributed by atoms with Gasteiger partial charge in [-0.3, -0.25) is 4.79 Å². The second-order valence-electron chi connectivity index (χ2n) is 4.79. The number of esters is 1. The third kappa shape index (κ3) is 5.81. The van der Waals surface area contributed by atoms with Crippen LogP contribution in [0.25, 0.3) is 0 Å². The lowest BCUT2D eigenvalue weighted by atomic mass is 10.2. The Hall–Kier alpha value is -0.910. The molecule has 0 amide bonds. The fourth-order valence-corrected chi connectivity index (χ4v) is 1.98. The van der Waals surface area contributed by atoms with Crippen molar-refractivity contribution in [2.75, 3.05) is 13.1 Å². The highest BCUT2D eigenvalue weighted by Crippen LogP contribution is 2.15. The zero-order valence-electron chi connectivity index (χ0n) is 10.4. The molecule has 1 aromatic rings. The second kappa shape index (κ2) is 6.14. The van der Waals surface area contributed by atoms with Gasteiger partial charge in [0.1, 0.15) is 5.60 Å². The number of nitrogens with one attached hydrogen (secondary N) is 1. The van der Waals surface area contributed by atoms with Crippen LogP contribution in [-0.4, -0.2) is 29.8 Å². The lowest BCUT2D eigenvalue weighted by Crippen LogP contribution is -2.33. The van der Waals surface area contributed by atoms with Gasteiger partial charge < -0.3 is 15.2 Å². The molecule has 1 unspecified atom stereocenters. The SMILES string of the molecule is CC(C)(C)OC(=O)CNCC(O)c1ccsc1. The summed E-state index contributed by atoms with van der Waals surface area (Å²) in [6, 6.07) is 1.87. The van der Waals surface area contributed by atoms with Crippen molar-refractivity contribution in [2.45, 2.75) is 32.5 Å². The number of carbonyl (C=O) groups excluding carboxylic acids is 1. The summed E-state index contributed by atoms with van der Waals surface area (Å²) >= 11 is 1.54. The molecule has 0 saturated carbocycles. The van der Waals surface area contributed by atoms with E-state index < -0.39 is 11.7 Å². The van der Waals surface area contributed by atoms with Gasteiger partial charge in [-0.2, -0.15) is 11.3 Å². The summed E-state index contributed by atoms with van der Waals surface area (Å²) in [6.07, 6.45) is -0.580. The Morgan fingerprint density at radius 3 is 2.82 bits per heavy atom. The lowest BCUT2D eigenvalue weighted by molar-refractivity contribution is -0.153. The fourth-order valence-electron chi connectivity index (χ4n) is 1.27. The third-order valence-corrected chi connectivity index (χ3v) is 2.66. The van der Waals surface area contributed by atoms with Crippen LogP contribution in [0.3, 0.4) is 0 Å². The van der Waals surface area contributed by atoms with E-state index >= 15 is 0 Å². The van der Waals surface area contributed by atoms with Gasteiger partial charge in [-0.25, -0.2) is 0 Å². The molecule has 1 aromatic heterocycles. The van der Waals surface area contributed by atoms with Crippen LogP contribution < -0.4 is 5.32 Å². The number of rotatable bonds is 5. The third-order valence-electron chi connectivity index (χ3n) is 1.96. The Balaban J connectivity index is 2.22. The molecular formula is C12H19NO3S. The Morgan fingerprint density at radius 1 is 1.59 bits per heavy atom. The molecule has 0 aliphatic heterocycles. The van der Waals surface area contributed by atoms with E-state index in [1.165, 1.54) is 11.3 Å². The number of aliphatic hydroxyl groups excluding tert-OH is 1. The van der Waals surface area contributed by atoms with Crippen molar-refractivity contribution in [3.8, 4) is 0 Å². The maximum atomic E-state index is 11.4. The highest BCUT2D eigenvalue weighted by Gasteiger charge is 2.16. The topological polar surface area (TPSA) is 58.6 Å². The highest BCUT2D eigenvalue weighted by atomic mass is 32.1. The van der Waals surface area contributed by atoms with Gasteiger partial charge in [0.05, 0.1) is 12.6 Å². The Labute approximate surface area is 106 Å². The van der Waals surface area contributed by atoms with Gasteiger partial charge in [-0.1, -0.05) is 0 Å². The van der Waals surface area contributed by atoms with Crippen molar-refractivity contribution >= 4 is 17.3 Å². The zero-order chi connectivity index (χ0) is 12.9. The van der Waals surface area contributed by atoms with E-state index in [4.69, 9.17) is 4.74 Å². The maximum absolute atomic E-state index is 11.4. The number of thiophene rings is 1. The minimum Gasteiger partial charge on any atom is -0.459 e. The number of ether oxygens (including phenoxy) is 1. The summed E-state index contributed by atoms with van der Waals surface area (Å²) in [5.41, 5.74) is 0.400. The van der Waals surface area contributed by atoms with Crippen LogP contribution in [-0.2, 0) is 9.53 Å². The molecule has 0 bridgehead atoms. The Kier molecular flexibility index (Phi) is 5.11. The van der Waals surface area contributed by atoms with Crippen molar-refractivity contribution in [3.63, 3.8) is 0 Å². The molecule has 4 nitrogen and oxygen atoms in total. The molecule has 0 aliphatic rings. The number of aliphatic hydroxyl groups is 1. The summed E-state index contributed by atoms with van der Waals surface area (Å²) in [7, 11) is 0. The van der Waals surface area contributed by atoms with Gasteiger partial charge in [-0.05, 0) is 43.2 Å². The first-order valence-corrected chi connectivity index (χ1v) is 6.45. The first kappa shape index (κ1) is 14.2. The molecule has 0 radical (unpaired) electrons. The van der Waals surface area contributed by atoms with E-state index in [0.29, 0.717) is 6.54 Å². The van der Waals surface area contributed by atoms with Crippen LogP contribution in [0.4, 0.5) is 0 Å². The molecule has 0 spiro atoms. The van der Waals surface area contributed by atoms with Crippen molar-refractivity contribution in [1.82, 2.24) is 5.32 Å². The van der Waals surface area contributed by atoms with Crippen LogP contribution in [0.5, 0.6) is 0 Å². The molecule has 1 rings (SSSR count). The minimum absolute atomic E-state index is 0.110. The van der Waals surface area contributed by atoms with Gasteiger partial charge in [0.2, 0.25) is 0 Å². The summed E-state index contributed by atoms with van der Waals surface area (Å²) < 4.78 is 5.13. The van der Waals surface area contributed by atoms with Crippen molar-refractivity contribution in [3.05, 3.63) is 22.4 Å². The zero-order valence-corrected chi connectivity index (χ0v) is 11.2. The average Bonchev–Trinajstić information content (AvgIpc) is 2.66. The summed E-state index contributed by atoms with van der Waals surface area (Å²) in [5.74, 6) is -0.310. The van der Waals surface area contributed by atoms with Crippen LogP contribution in [0, 0.1) is 0 Å². The van der Waals surface area contributed by atoms with Crippen LogP contribution in [0.15, 0.2) is 16.8 Å². The maximum Gasteiger partial charge on any atom is 0.320 e. The number of hydrogen-bond donors (Lipinski definition) is 2. The van der Waals surface area contributed by atoms with E-state index in [1.807, 2.05) is 37.6 Å². The smallest absolute Gasteiger partial charge is 0.320 e. The first-order chi connectivity index (χ1) is 7.88. The van der Waals surface area contributed by atoms with E-state index in [1.54, 1.807) is 0 Å². The molecule has 0 aromatic carbocycles. The van der Waals surface area contributed by atoms with E-state index in [-0.39, 0.29) is 12.5 Å². The standard InChI is InChI=1S/C12H19NO3S/c1-12(2,3)16-11(15)7-13-6-10(14)9-4-5-17-8-9/h4-5,8,10,13-14H,6-7H2,1-3H3. The molecular weight excluding hydrogens is 238 g/mol. The lowest BCUT2D eigenvalue weighted by Gasteiger charge is -2.19. The van der Waals surface area contributed by atoms with Crippen LogP contribution >= 0.6 is 11.3 Å². The Bertz CT molecular complexity index is 343. The molecule has 1 atom stereocenters. The molecule has 2 N–H and O–H groups in total. The largest absolute Gasteiger partial charge is 0.459 e. The predicted molar refractivity (Wildman–Crippen MR) is 68.0 cm³/mol. The highest BCUT2D eigenvalue weighted by molar-refractivity contribution is 7.07. The Morgan fingerprint density at radius 2 is 2.29 bits per heavy atom. The molecule has 5 heteroatoms. The molecule has 0 fully saturated rings. The molecule has 1 heterocycles.